The third kappa shape index (κ3) is 3.38. The summed E-state index contributed by atoms with van der Waals surface area (Å²) in [6, 6.07) is 8.00. The highest BCUT2D eigenvalue weighted by Crippen LogP contribution is 2.25. The van der Waals surface area contributed by atoms with Crippen LogP contribution in [0.1, 0.15) is 38.3 Å². The molecule has 0 aliphatic heterocycles. The molecule has 0 bridgehead atoms. The van der Waals surface area contributed by atoms with E-state index in [1.54, 1.807) is 0 Å². The molecule has 1 atom stereocenters. The molecule has 0 amide bonds. The van der Waals surface area contributed by atoms with Crippen molar-refractivity contribution < 1.29 is 4.74 Å². The summed E-state index contributed by atoms with van der Waals surface area (Å²) in [6.45, 7) is 8.65. The van der Waals surface area contributed by atoms with E-state index < -0.39 is 0 Å². The zero-order valence-electron chi connectivity index (χ0n) is 10.2. The maximum atomic E-state index is 6.03. The lowest BCUT2D eigenvalue weighted by atomic mass is 10.0. The van der Waals surface area contributed by atoms with Gasteiger partial charge in [0, 0.05) is 11.6 Å². The molecule has 2 N–H and O–H groups in total. The van der Waals surface area contributed by atoms with Crippen LogP contribution in [0.25, 0.3) is 0 Å². The van der Waals surface area contributed by atoms with Gasteiger partial charge in [0.2, 0.25) is 0 Å². The zero-order chi connectivity index (χ0) is 12.0. The van der Waals surface area contributed by atoms with Crippen LogP contribution in [0.3, 0.4) is 0 Å². The number of para-hydroxylation sites is 1. The van der Waals surface area contributed by atoms with Gasteiger partial charge in [0.25, 0.3) is 0 Å². The Morgan fingerprint density at radius 3 is 2.69 bits per heavy atom. The van der Waals surface area contributed by atoms with Crippen molar-refractivity contribution in [3.63, 3.8) is 0 Å². The maximum Gasteiger partial charge on any atom is 0.124 e. The van der Waals surface area contributed by atoms with Crippen LogP contribution in [0.15, 0.2) is 36.4 Å². The van der Waals surface area contributed by atoms with Crippen LogP contribution in [-0.4, -0.2) is 6.61 Å². The van der Waals surface area contributed by atoms with Gasteiger partial charge in [-0.15, -0.1) is 0 Å². The molecule has 1 aromatic rings. The Morgan fingerprint density at radius 1 is 1.38 bits per heavy atom. The Labute approximate surface area is 98.1 Å². The molecular weight excluding hydrogens is 198 g/mol. The zero-order valence-corrected chi connectivity index (χ0v) is 10.2. The van der Waals surface area contributed by atoms with E-state index in [0.717, 1.165) is 29.7 Å². The first-order valence-corrected chi connectivity index (χ1v) is 5.83. The Morgan fingerprint density at radius 2 is 2.06 bits per heavy atom. The summed E-state index contributed by atoms with van der Waals surface area (Å²) in [6.07, 6.45) is 1.86. The molecule has 2 heteroatoms. The van der Waals surface area contributed by atoms with E-state index in [2.05, 4.69) is 20.4 Å². The first-order chi connectivity index (χ1) is 7.69. The predicted octanol–water partition coefficient (Wildman–Crippen LogP) is 3.44. The molecule has 0 fully saturated rings. The van der Waals surface area contributed by atoms with Crippen molar-refractivity contribution in [2.24, 2.45) is 5.73 Å². The van der Waals surface area contributed by atoms with E-state index in [1.165, 1.54) is 0 Å². The summed E-state index contributed by atoms with van der Waals surface area (Å²) in [7, 11) is 0. The molecule has 1 rings (SSSR count). The highest BCUT2D eigenvalue weighted by Gasteiger charge is 2.09. The van der Waals surface area contributed by atoms with E-state index >= 15 is 0 Å². The SMILES string of the molecule is C=C(CC)COc1ccccc1[C@H](N)CC. The number of nitrogens with two attached hydrogens (primary N) is 1. The van der Waals surface area contributed by atoms with E-state index in [-0.39, 0.29) is 6.04 Å². The predicted molar refractivity (Wildman–Crippen MR) is 68.6 cm³/mol. The Hall–Kier alpha value is -1.28. The number of hydrogen-bond donors (Lipinski definition) is 1. The minimum absolute atomic E-state index is 0.0473. The van der Waals surface area contributed by atoms with E-state index in [4.69, 9.17) is 10.5 Å². The van der Waals surface area contributed by atoms with Crippen molar-refractivity contribution in [2.75, 3.05) is 6.61 Å². The lowest BCUT2D eigenvalue weighted by molar-refractivity contribution is 0.342. The van der Waals surface area contributed by atoms with Crippen molar-refractivity contribution in [1.82, 2.24) is 0 Å². The van der Waals surface area contributed by atoms with Gasteiger partial charge in [-0.3, -0.25) is 0 Å². The summed E-state index contributed by atoms with van der Waals surface area (Å²) in [5, 5.41) is 0. The molecule has 0 unspecified atom stereocenters. The van der Waals surface area contributed by atoms with Crippen LogP contribution in [0.4, 0.5) is 0 Å². The van der Waals surface area contributed by atoms with Crippen molar-refractivity contribution >= 4 is 0 Å². The molecule has 0 radical (unpaired) electrons. The van der Waals surface area contributed by atoms with Crippen molar-refractivity contribution in [1.29, 1.82) is 0 Å². The molecule has 0 aliphatic rings. The van der Waals surface area contributed by atoms with Gasteiger partial charge < -0.3 is 10.5 Å². The standard InChI is InChI=1S/C14H21NO/c1-4-11(3)10-16-14-9-7-6-8-12(14)13(15)5-2/h6-9,13H,3-5,10,15H2,1-2H3/t13-/m1/s1. The monoisotopic (exact) mass is 219 g/mol. The van der Waals surface area contributed by atoms with E-state index in [0.29, 0.717) is 6.61 Å². The van der Waals surface area contributed by atoms with Crippen LogP contribution in [0, 0.1) is 0 Å². The average Bonchev–Trinajstić information content (AvgIpc) is 2.35. The van der Waals surface area contributed by atoms with Crippen LogP contribution in [0.5, 0.6) is 5.75 Å². The van der Waals surface area contributed by atoms with Gasteiger partial charge in [0.15, 0.2) is 0 Å². The third-order valence-corrected chi connectivity index (χ3v) is 2.69. The van der Waals surface area contributed by atoms with Crippen molar-refractivity contribution in [3.8, 4) is 5.75 Å². The van der Waals surface area contributed by atoms with Gasteiger partial charge in [-0.2, -0.15) is 0 Å². The quantitative estimate of drug-likeness (QED) is 0.744. The van der Waals surface area contributed by atoms with Crippen LogP contribution < -0.4 is 10.5 Å². The molecule has 0 spiro atoms. The topological polar surface area (TPSA) is 35.2 Å². The lowest BCUT2D eigenvalue weighted by Gasteiger charge is -2.15. The van der Waals surface area contributed by atoms with Crippen LogP contribution >= 0.6 is 0 Å². The summed E-state index contributed by atoms with van der Waals surface area (Å²) >= 11 is 0. The Kier molecular flexibility index (Phi) is 5.06. The van der Waals surface area contributed by atoms with Crippen LogP contribution in [-0.2, 0) is 0 Å². The largest absolute Gasteiger partial charge is 0.489 e. The fraction of sp³-hybridized carbons (Fsp3) is 0.429. The number of hydrogen-bond acceptors (Lipinski definition) is 2. The van der Waals surface area contributed by atoms with Gasteiger partial charge in [-0.25, -0.2) is 0 Å². The minimum atomic E-state index is 0.0473. The minimum Gasteiger partial charge on any atom is -0.489 e. The molecule has 16 heavy (non-hydrogen) atoms. The molecule has 0 saturated carbocycles. The molecule has 0 saturated heterocycles. The molecule has 0 heterocycles. The molecule has 2 nitrogen and oxygen atoms in total. The fourth-order valence-electron chi connectivity index (χ4n) is 1.42. The summed E-state index contributed by atoms with van der Waals surface area (Å²) in [4.78, 5) is 0. The average molecular weight is 219 g/mol. The van der Waals surface area contributed by atoms with Gasteiger partial charge in [0.1, 0.15) is 12.4 Å². The highest BCUT2D eigenvalue weighted by molar-refractivity contribution is 5.35. The first kappa shape index (κ1) is 12.8. The third-order valence-electron chi connectivity index (χ3n) is 2.69. The first-order valence-electron chi connectivity index (χ1n) is 5.83. The molecule has 1 aromatic carbocycles. The summed E-state index contributed by atoms with van der Waals surface area (Å²) in [5.41, 5.74) is 8.21. The molecule has 88 valence electrons. The summed E-state index contributed by atoms with van der Waals surface area (Å²) in [5.74, 6) is 0.881. The molecule has 0 aromatic heterocycles. The second-order valence-electron chi connectivity index (χ2n) is 3.94. The second kappa shape index (κ2) is 6.33. The van der Waals surface area contributed by atoms with Gasteiger partial charge >= 0.3 is 0 Å². The number of ether oxygens (including phenoxy) is 1. The van der Waals surface area contributed by atoms with E-state index in [9.17, 15) is 0 Å². The van der Waals surface area contributed by atoms with Crippen LogP contribution in [0.2, 0.25) is 0 Å². The van der Waals surface area contributed by atoms with E-state index in [1.807, 2.05) is 24.3 Å². The Bertz CT molecular complexity index is 346. The fourth-order valence-corrected chi connectivity index (χ4v) is 1.42. The Balaban J connectivity index is 2.75. The number of benzene rings is 1. The highest BCUT2D eigenvalue weighted by atomic mass is 16.5. The van der Waals surface area contributed by atoms with Crippen molar-refractivity contribution in [2.45, 2.75) is 32.7 Å². The van der Waals surface area contributed by atoms with Crippen molar-refractivity contribution in [3.05, 3.63) is 42.0 Å². The van der Waals surface area contributed by atoms with Gasteiger partial charge in [-0.05, 0) is 24.5 Å². The number of rotatable bonds is 6. The van der Waals surface area contributed by atoms with Gasteiger partial charge in [0.05, 0.1) is 0 Å². The summed E-state index contributed by atoms with van der Waals surface area (Å²) < 4.78 is 5.73. The molecule has 0 aliphatic carbocycles. The molecular formula is C14H21NO. The maximum absolute atomic E-state index is 6.03. The second-order valence-corrected chi connectivity index (χ2v) is 3.94. The lowest BCUT2D eigenvalue weighted by Crippen LogP contribution is -2.11. The van der Waals surface area contributed by atoms with Gasteiger partial charge in [-0.1, -0.05) is 38.6 Å². The smallest absolute Gasteiger partial charge is 0.124 e. The normalized spacial score (nSPS) is 12.2.